The van der Waals surface area contributed by atoms with Gasteiger partial charge in [-0.1, -0.05) is 191 Å². The Morgan fingerprint density at radius 1 is 0.387 bits per heavy atom. The summed E-state index contributed by atoms with van der Waals surface area (Å²) in [4.78, 5) is 102. The van der Waals surface area contributed by atoms with Gasteiger partial charge in [-0.05, 0) is 119 Å². The van der Waals surface area contributed by atoms with E-state index >= 15 is 0 Å². The van der Waals surface area contributed by atoms with Gasteiger partial charge in [0.05, 0.1) is 22.8 Å². The highest BCUT2D eigenvalue weighted by molar-refractivity contribution is 6.02. The van der Waals surface area contributed by atoms with Gasteiger partial charge in [0, 0.05) is 62.7 Å². The van der Waals surface area contributed by atoms with Crippen LogP contribution in [0, 0.1) is 11.8 Å². The zero-order valence-corrected chi connectivity index (χ0v) is 52.3. The second kappa shape index (κ2) is 28.7. The Bertz CT molecular complexity index is 4410. The number of fused-ring (bicyclic) bond motifs is 8. The van der Waals surface area contributed by atoms with Gasteiger partial charge in [0.1, 0.15) is 30.2 Å². The number of benzene rings is 6. The normalized spacial score (nSPS) is 13.3. The zero-order chi connectivity index (χ0) is 65.1. The lowest BCUT2D eigenvalue weighted by Crippen LogP contribution is -2.60. The highest BCUT2D eigenvalue weighted by Gasteiger charge is 2.34. The topological polar surface area (TPSA) is 240 Å². The Labute approximate surface area is 539 Å². The fraction of sp³-hybridized carbons (Fsp3) is 0.195. The van der Waals surface area contributed by atoms with Crippen molar-refractivity contribution >= 4 is 81.9 Å². The number of nitrogens with one attached hydrogen (secondary N) is 7. The minimum absolute atomic E-state index is 0.0162. The van der Waals surface area contributed by atoms with Crippen LogP contribution in [0.25, 0.3) is 90.9 Å². The molecule has 1 unspecified atom stereocenters. The fourth-order valence-electron chi connectivity index (χ4n) is 11.8. The molecular weight excluding hydrogens is 1160 g/mol. The first-order valence-electron chi connectivity index (χ1n) is 31.3. The van der Waals surface area contributed by atoms with E-state index < -0.39 is 71.6 Å². The van der Waals surface area contributed by atoms with Gasteiger partial charge in [-0.15, -0.1) is 0 Å². The van der Waals surface area contributed by atoms with Crippen molar-refractivity contribution < 1.29 is 33.9 Å². The number of carbonyl (C=O) groups is 6. The maximum atomic E-state index is 14.6. The first kappa shape index (κ1) is 63.3. The number of hydrogen-bond donors (Lipinski definition) is 8. The first-order valence-corrected chi connectivity index (χ1v) is 31.3. The Kier molecular flexibility index (Phi) is 19.5. The van der Waals surface area contributed by atoms with Crippen LogP contribution < -0.4 is 26.6 Å². The smallest absolute Gasteiger partial charge is 0.325 e. The van der Waals surface area contributed by atoms with E-state index in [-0.39, 0.29) is 30.7 Å². The van der Waals surface area contributed by atoms with E-state index in [1.807, 2.05) is 111 Å². The van der Waals surface area contributed by atoms with Gasteiger partial charge in [0.25, 0.3) is 5.91 Å². The molecule has 16 heteroatoms. The highest BCUT2D eigenvalue weighted by Crippen LogP contribution is 2.38. The second-order valence-electron chi connectivity index (χ2n) is 24.1. The molecule has 9 aromatic rings. The van der Waals surface area contributed by atoms with Crippen LogP contribution in [-0.4, -0.2) is 90.8 Å². The molecule has 8 N–H and O–H groups in total. The van der Waals surface area contributed by atoms with Crippen molar-refractivity contribution in [3.05, 3.63) is 240 Å². The third-order valence-electron chi connectivity index (χ3n) is 16.5. The molecule has 3 aromatic heterocycles. The SMILES string of the molecule is CC(C)CC(NC(=O)c1ccc(-c2c3nc(c(-c4ccccc4)c4ccc([nH]4)c(-c4ccccc4)c4nc(c(-c5ccccc5)c5ccc2[nH]5)C=C4)C=C3)cc1)C(=O)N[C@H](C(=O)N[C@@H](Cc1ccccc1)C(=O)N[C@@H](Cc1ccccc1)C(=O)N[C@@H](C)C(=O)O)C(C)C. The van der Waals surface area contributed by atoms with Gasteiger partial charge < -0.3 is 41.7 Å². The van der Waals surface area contributed by atoms with Crippen molar-refractivity contribution in [1.29, 1.82) is 0 Å². The van der Waals surface area contributed by atoms with Gasteiger partial charge >= 0.3 is 5.97 Å². The first-order chi connectivity index (χ1) is 45.0. The minimum atomic E-state index is -1.25. The molecule has 16 nitrogen and oxygen atoms in total. The van der Waals surface area contributed by atoms with Gasteiger partial charge in [0.2, 0.25) is 23.6 Å². The third-order valence-corrected chi connectivity index (χ3v) is 16.5. The molecule has 0 spiro atoms. The Hall–Kier alpha value is -11.3. The maximum Gasteiger partial charge on any atom is 0.325 e. The predicted molar refractivity (Wildman–Crippen MR) is 367 cm³/mol. The van der Waals surface area contributed by atoms with Gasteiger partial charge in [0.15, 0.2) is 0 Å². The number of carbonyl (C=O) groups excluding carboxylic acids is 5. The summed E-state index contributed by atoms with van der Waals surface area (Å²) >= 11 is 0. The minimum Gasteiger partial charge on any atom is -0.480 e. The van der Waals surface area contributed by atoms with E-state index in [4.69, 9.17) is 9.97 Å². The molecule has 2 aliphatic rings. The van der Waals surface area contributed by atoms with Crippen LogP contribution in [0.5, 0.6) is 0 Å². The number of carboxylic acids is 1. The van der Waals surface area contributed by atoms with Crippen LogP contribution >= 0.6 is 0 Å². The van der Waals surface area contributed by atoms with Crippen LogP contribution in [0.15, 0.2) is 200 Å². The van der Waals surface area contributed by atoms with Crippen LogP contribution in [0.2, 0.25) is 0 Å². The molecular formula is C77H73N9O7. The highest BCUT2D eigenvalue weighted by atomic mass is 16.4. The summed E-state index contributed by atoms with van der Waals surface area (Å²) in [6, 6.07) is 58.1. The number of H-pyrrole nitrogens is 2. The van der Waals surface area contributed by atoms with Crippen LogP contribution in [0.3, 0.4) is 0 Å². The molecule has 0 fully saturated rings. The molecule has 5 atom stereocenters. The molecule has 0 saturated heterocycles. The van der Waals surface area contributed by atoms with Crippen molar-refractivity contribution in [3.63, 3.8) is 0 Å². The summed E-state index contributed by atoms with van der Waals surface area (Å²) in [5.74, 6) is -5.02. The summed E-state index contributed by atoms with van der Waals surface area (Å²) in [5.41, 5.74) is 15.3. The van der Waals surface area contributed by atoms with Crippen molar-refractivity contribution in [3.8, 4) is 44.5 Å². The summed E-state index contributed by atoms with van der Waals surface area (Å²) in [6.45, 7) is 8.70. The van der Waals surface area contributed by atoms with Crippen LogP contribution in [0.4, 0.5) is 0 Å². The van der Waals surface area contributed by atoms with E-state index in [1.165, 1.54) is 6.92 Å². The van der Waals surface area contributed by atoms with Crippen molar-refractivity contribution in [2.75, 3.05) is 0 Å². The summed E-state index contributed by atoms with van der Waals surface area (Å²) in [7, 11) is 0. The van der Waals surface area contributed by atoms with E-state index in [1.54, 1.807) is 74.5 Å². The lowest BCUT2D eigenvalue weighted by Gasteiger charge is -2.28. The number of nitrogens with zero attached hydrogens (tertiary/aromatic N) is 2. The van der Waals surface area contributed by atoms with Gasteiger partial charge in [-0.2, -0.15) is 0 Å². The molecule has 8 bridgehead atoms. The Morgan fingerprint density at radius 3 is 1.10 bits per heavy atom. The molecule has 5 heterocycles. The standard InChI is InChI=1S/C77H73N9O7/c1-46(2)43-64(75(90)86-71(47(3)4)76(91)85-66(45-50-23-13-7-14-24-50)74(89)84-65(44-49-21-11-6-12-22-49)73(88)78-48(5)77(92)93)83-72(87)55-33-31-54(32-34-55)70-62-41-39-60(81-62)68(52-27-17-9-18-28-52)58-37-35-56(79-58)67(51-25-15-8-16-26-51)57-36-38-59(80-57)69(53-29-19-10-20-30-53)61-40-42-63(70)82-61/h6-42,46-48,64-66,71,79,82H,43-45H2,1-5H3,(H,78,88)(H,83,87)(H,84,89)(H,85,91)(H,86,90)(H,92,93)/t48-,64?,65-,66-,71-/m0/s1. The summed E-state index contributed by atoms with van der Waals surface area (Å²) in [5, 5.41) is 23.6. The molecule has 0 saturated carbocycles. The number of rotatable bonds is 22. The molecule has 0 radical (unpaired) electrons. The number of aromatic amines is 2. The van der Waals surface area contributed by atoms with E-state index in [9.17, 15) is 33.9 Å². The number of hydrogen-bond acceptors (Lipinski definition) is 8. The molecule has 0 aliphatic carbocycles. The van der Waals surface area contributed by atoms with Crippen molar-refractivity contribution in [2.24, 2.45) is 11.8 Å². The summed E-state index contributed by atoms with van der Waals surface area (Å²) < 4.78 is 0. The average molecular weight is 1240 g/mol. The molecule has 11 rings (SSSR count). The molecule has 93 heavy (non-hydrogen) atoms. The fourth-order valence-corrected chi connectivity index (χ4v) is 11.8. The number of carboxylic acid groups (broad SMARTS) is 1. The number of aliphatic carboxylic acids is 1. The Morgan fingerprint density at radius 2 is 0.731 bits per heavy atom. The molecule has 2 aliphatic heterocycles. The predicted octanol–water partition coefficient (Wildman–Crippen LogP) is 12.7. The van der Waals surface area contributed by atoms with Gasteiger partial charge in [-0.25, -0.2) is 9.97 Å². The van der Waals surface area contributed by atoms with Crippen molar-refractivity contribution in [2.45, 2.75) is 84.1 Å². The van der Waals surface area contributed by atoms with E-state index in [0.29, 0.717) is 16.8 Å². The van der Waals surface area contributed by atoms with Crippen molar-refractivity contribution in [1.82, 2.24) is 46.5 Å². The lowest BCUT2D eigenvalue weighted by atomic mass is 9.98. The van der Waals surface area contributed by atoms with Crippen LogP contribution in [-0.2, 0) is 36.8 Å². The maximum absolute atomic E-state index is 14.6. The van der Waals surface area contributed by atoms with E-state index in [0.717, 1.165) is 83.7 Å². The molecule has 5 amide bonds. The second-order valence-corrected chi connectivity index (χ2v) is 24.1. The molecule has 468 valence electrons. The van der Waals surface area contributed by atoms with E-state index in [2.05, 4.69) is 103 Å². The monoisotopic (exact) mass is 1240 g/mol. The zero-order valence-electron chi connectivity index (χ0n) is 52.3. The number of amides is 5. The summed E-state index contributed by atoms with van der Waals surface area (Å²) in [6.07, 6.45) is 8.45. The molecule has 6 aromatic carbocycles. The lowest BCUT2D eigenvalue weighted by molar-refractivity contribution is -0.141. The number of aromatic nitrogens is 4. The average Bonchev–Trinajstić information content (AvgIpc) is 1.70. The quantitative estimate of drug-likeness (QED) is 0.0321. The van der Waals surface area contributed by atoms with Crippen LogP contribution in [0.1, 0.15) is 85.3 Å². The largest absolute Gasteiger partial charge is 0.480 e. The van der Waals surface area contributed by atoms with Gasteiger partial charge in [-0.3, -0.25) is 28.8 Å². The Balaban J connectivity index is 0.905. The third kappa shape index (κ3) is 15.0.